The molecule has 0 aliphatic rings. The molecule has 0 aromatic heterocycles. The molecule has 5 nitrogen and oxygen atoms in total. The molecule has 0 rings (SSSR count). The van der Waals surface area contributed by atoms with Crippen LogP contribution in [0.25, 0.3) is 0 Å². The minimum atomic E-state index is 0.190. The Morgan fingerprint density at radius 1 is 0.933 bits per heavy atom. The molecule has 0 fully saturated rings. The van der Waals surface area contributed by atoms with Crippen molar-refractivity contribution >= 4 is 0 Å². The summed E-state index contributed by atoms with van der Waals surface area (Å²) in [5.41, 5.74) is 0. The Bertz CT molecular complexity index is 179. The largest absolute Gasteiger partial charge is 0.378 e. The van der Waals surface area contributed by atoms with Gasteiger partial charge in [0.05, 0.1) is 39.6 Å². The SMILES string of the molecule is C#CCCOCCOCCOCCN=O. The molecule has 5 heteroatoms. The molecule has 0 radical (unpaired) electrons. The van der Waals surface area contributed by atoms with E-state index in [0.29, 0.717) is 46.1 Å². The standard InChI is InChI=1S/C10H17NO4/c1-2-3-5-13-7-9-15-10-8-14-6-4-11-12/h1H,3-10H2. The van der Waals surface area contributed by atoms with E-state index in [2.05, 4.69) is 11.1 Å². The molecule has 15 heavy (non-hydrogen) atoms. The second-order valence-corrected chi connectivity index (χ2v) is 2.64. The number of nitroso groups, excluding NO2 is 1. The van der Waals surface area contributed by atoms with Crippen molar-refractivity contribution < 1.29 is 14.2 Å². The Kier molecular flexibility index (Phi) is 12.2. The van der Waals surface area contributed by atoms with Crippen LogP contribution in [0.4, 0.5) is 0 Å². The second kappa shape index (κ2) is 13.0. The topological polar surface area (TPSA) is 57.1 Å². The summed E-state index contributed by atoms with van der Waals surface area (Å²) in [6.07, 6.45) is 5.67. The van der Waals surface area contributed by atoms with E-state index in [1.807, 2.05) is 0 Å². The van der Waals surface area contributed by atoms with E-state index >= 15 is 0 Å². The summed E-state index contributed by atoms with van der Waals surface area (Å²) >= 11 is 0. The lowest BCUT2D eigenvalue weighted by molar-refractivity contribution is 0.0171. The number of ether oxygens (including phenoxy) is 3. The molecule has 0 heterocycles. The van der Waals surface area contributed by atoms with Crippen LogP contribution in [0.5, 0.6) is 0 Å². The van der Waals surface area contributed by atoms with Gasteiger partial charge >= 0.3 is 0 Å². The van der Waals surface area contributed by atoms with Crippen molar-refractivity contribution in [2.75, 3.05) is 46.2 Å². The van der Waals surface area contributed by atoms with Gasteiger partial charge in [0.15, 0.2) is 0 Å². The van der Waals surface area contributed by atoms with Gasteiger partial charge in [-0.1, -0.05) is 5.18 Å². The molecule has 0 atom stereocenters. The summed E-state index contributed by atoms with van der Waals surface area (Å²) in [5, 5.41) is 2.66. The summed E-state index contributed by atoms with van der Waals surface area (Å²) in [6, 6.07) is 0. The molecule has 0 aromatic carbocycles. The second-order valence-electron chi connectivity index (χ2n) is 2.64. The van der Waals surface area contributed by atoms with Crippen LogP contribution in [0.2, 0.25) is 0 Å². The van der Waals surface area contributed by atoms with Gasteiger partial charge in [-0.25, -0.2) is 0 Å². The third-order valence-corrected chi connectivity index (χ3v) is 1.46. The van der Waals surface area contributed by atoms with E-state index in [4.69, 9.17) is 20.6 Å². The number of rotatable bonds is 11. The molecule has 86 valence electrons. The molecular weight excluding hydrogens is 198 g/mol. The van der Waals surface area contributed by atoms with Crippen molar-refractivity contribution in [1.29, 1.82) is 0 Å². The molecule has 0 aromatic rings. The van der Waals surface area contributed by atoms with Gasteiger partial charge in [-0.2, -0.15) is 4.91 Å². The number of nitrogens with zero attached hydrogens (tertiary/aromatic N) is 1. The summed E-state index contributed by atoms with van der Waals surface area (Å²) in [7, 11) is 0. The monoisotopic (exact) mass is 215 g/mol. The summed E-state index contributed by atoms with van der Waals surface area (Å²) in [5.74, 6) is 2.48. The van der Waals surface area contributed by atoms with Gasteiger partial charge in [-0.05, 0) is 0 Å². The minimum absolute atomic E-state index is 0.190. The van der Waals surface area contributed by atoms with Crippen LogP contribution >= 0.6 is 0 Å². The van der Waals surface area contributed by atoms with Crippen LogP contribution in [0.1, 0.15) is 6.42 Å². The lowest BCUT2D eigenvalue weighted by Gasteiger charge is -2.04. The maximum atomic E-state index is 9.67. The molecule has 0 aliphatic heterocycles. The van der Waals surface area contributed by atoms with E-state index in [1.165, 1.54) is 0 Å². The van der Waals surface area contributed by atoms with Crippen molar-refractivity contribution in [2.24, 2.45) is 5.18 Å². The van der Waals surface area contributed by atoms with Crippen LogP contribution in [0.3, 0.4) is 0 Å². The molecule has 0 saturated heterocycles. The van der Waals surface area contributed by atoms with Crippen molar-refractivity contribution in [3.8, 4) is 12.3 Å². The number of terminal acetylenes is 1. The minimum Gasteiger partial charge on any atom is -0.378 e. The van der Waals surface area contributed by atoms with Crippen molar-refractivity contribution in [3.05, 3.63) is 4.91 Å². The normalized spacial score (nSPS) is 9.80. The fourth-order valence-corrected chi connectivity index (χ4v) is 0.775. The zero-order chi connectivity index (χ0) is 11.2. The first-order valence-corrected chi connectivity index (χ1v) is 4.87. The highest BCUT2D eigenvalue weighted by atomic mass is 16.5. The molecule has 0 amide bonds. The molecule has 0 N–H and O–H groups in total. The highest BCUT2D eigenvalue weighted by Crippen LogP contribution is 1.83. The molecule has 0 spiro atoms. The van der Waals surface area contributed by atoms with Gasteiger partial charge in [0.25, 0.3) is 0 Å². The molecule has 0 saturated carbocycles. The molecular formula is C10H17NO4. The maximum Gasteiger partial charge on any atom is 0.104 e. The zero-order valence-electron chi connectivity index (χ0n) is 8.81. The van der Waals surface area contributed by atoms with Gasteiger partial charge in [0, 0.05) is 6.42 Å². The van der Waals surface area contributed by atoms with Crippen LogP contribution in [0, 0.1) is 17.3 Å². The van der Waals surface area contributed by atoms with E-state index in [0.717, 1.165) is 0 Å². The van der Waals surface area contributed by atoms with Crippen LogP contribution in [-0.2, 0) is 14.2 Å². The summed E-state index contributed by atoms with van der Waals surface area (Å²) < 4.78 is 15.4. The van der Waals surface area contributed by atoms with Crippen LogP contribution in [0.15, 0.2) is 5.18 Å². The smallest absolute Gasteiger partial charge is 0.104 e. The highest BCUT2D eigenvalue weighted by Gasteiger charge is 1.90. The van der Waals surface area contributed by atoms with Crippen molar-refractivity contribution in [3.63, 3.8) is 0 Å². The van der Waals surface area contributed by atoms with E-state index in [1.54, 1.807) is 0 Å². The fraction of sp³-hybridized carbons (Fsp3) is 0.800. The van der Waals surface area contributed by atoms with Gasteiger partial charge < -0.3 is 14.2 Å². The first-order chi connectivity index (χ1) is 7.41. The average molecular weight is 215 g/mol. The zero-order valence-corrected chi connectivity index (χ0v) is 8.81. The fourth-order valence-electron chi connectivity index (χ4n) is 0.775. The predicted molar refractivity (Wildman–Crippen MR) is 56.6 cm³/mol. The number of hydrogen-bond donors (Lipinski definition) is 0. The third-order valence-electron chi connectivity index (χ3n) is 1.46. The summed E-state index contributed by atoms with van der Waals surface area (Å²) in [6.45, 7) is 3.15. The Balaban J connectivity index is 2.87. The average Bonchev–Trinajstić information content (AvgIpc) is 2.26. The van der Waals surface area contributed by atoms with E-state index in [9.17, 15) is 4.91 Å². The van der Waals surface area contributed by atoms with Gasteiger partial charge in [-0.15, -0.1) is 12.3 Å². The van der Waals surface area contributed by atoms with Crippen molar-refractivity contribution in [1.82, 2.24) is 0 Å². The van der Waals surface area contributed by atoms with Gasteiger partial charge in [0.1, 0.15) is 6.54 Å². The van der Waals surface area contributed by atoms with Crippen LogP contribution in [-0.4, -0.2) is 46.2 Å². The first-order valence-electron chi connectivity index (χ1n) is 4.87. The van der Waals surface area contributed by atoms with Crippen LogP contribution < -0.4 is 0 Å². The summed E-state index contributed by atoms with van der Waals surface area (Å²) in [4.78, 5) is 9.67. The molecule has 0 bridgehead atoms. The lowest BCUT2D eigenvalue weighted by atomic mass is 10.5. The quantitative estimate of drug-likeness (QED) is 0.291. The Hall–Kier alpha value is -0.960. The van der Waals surface area contributed by atoms with E-state index < -0.39 is 0 Å². The Morgan fingerprint density at radius 3 is 2.00 bits per heavy atom. The highest BCUT2D eigenvalue weighted by molar-refractivity contribution is 4.82. The first kappa shape index (κ1) is 14.0. The van der Waals surface area contributed by atoms with Gasteiger partial charge in [0.2, 0.25) is 0 Å². The maximum absolute atomic E-state index is 9.67. The predicted octanol–water partition coefficient (Wildman–Crippen LogP) is 0.826. The van der Waals surface area contributed by atoms with E-state index in [-0.39, 0.29) is 6.54 Å². The molecule has 0 unspecified atom stereocenters. The van der Waals surface area contributed by atoms with Gasteiger partial charge in [-0.3, -0.25) is 0 Å². The molecule has 0 aliphatic carbocycles. The Labute approximate surface area is 90.1 Å². The third kappa shape index (κ3) is 13.0. The Morgan fingerprint density at radius 2 is 1.47 bits per heavy atom. The lowest BCUT2D eigenvalue weighted by Crippen LogP contribution is -2.10. The number of hydrogen-bond acceptors (Lipinski definition) is 5. The van der Waals surface area contributed by atoms with Crippen molar-refractivity contribution in [2.45, 2.75) is 6.42 Å².